The van der Waals surface area contributed by atoms with Crippen molar-refractivity contribution < 1.29 is 18.6 Å². The van der Waals surface area contributed by atoms with Crippen LogP contribution in [0.1, 0.15) is 25.2 Å². The van der Waals surface area contributed by atoms with Crippen LogP contribution in [-0.2, 0) is 19.4 Å². The van der Waals surface area contributed by atoms with Crippen LogP contribution in [0.25, 0.3) is 0 Å². The minimum absolute atomic E-state index is 0.0253. The molecule has 1 N–H and O–H groups in total. The Kier molecular flexibility index (Phi) is 4.90. The number of aryl methyl sites for hydroxylation is 1. The van der Waals surface area contributed by atoms with E-state index in [0.29, 0.717) is 25.1 Å². The molecule has 0 saturated carbocycles. The molecule has 1 heterocycles. The molecular formula is C15H18F2N2O2. The number of aromatic nitrogens is 2. The van der Waals surface area contributed by atoms with Gasteiger partial charge in [-0.05, 0) is 25.0 Å². The molecule has 0 saturated heterocycles. The number of hydrogen-bond donors (Lipinski definition) is 1. The van der Waals surface area contributed by atoms with Gasteiger partial charge in [0.15, 0.2) is 17.4 Å². The van der Waals surface area contributed by atoms with E-state index in [9.17, 15) is 8.78 Å². The van der Waals surface area contributed by atoms with Gasteiger partial charge >= 0.3 is 0 Å². The summed E-state index contributed by atoms with van der Waals surface area (Å²) in [7, 11) is 0. The van der Waals surface area contributed by atoms with Gasteiger partial charge in [0.25, 0.3) is 0 Å². The Hall–Kier alpha value is -1.95. The summed E-state index contributed by atoms with van der Waals surface area (Å²) in [5.41, 5.74) is 1.55. The molecule has 0 bridgehead atoms. The first-order valence-corrected chi connectivity index (χ1v) is 6.93. The molecule has 2 aromatic rings. The Bertz CT molecular complexity index is 626. The molecule has 21 heavy (non-hydrogen) atoms. The van der Waals surface area contributed by atoms with Crippen molar-refractivity contribution in [2.75, 3.05) is 6.61 Å². The highest BCUT2D eigenvalue weighted by molar-refractivity contribution is 5.39. The summed E-state index contributed by atoms with van der Waals surface area (Å²) in [6.07, 6.45) is 1.30. The Labute approximate surface area is 122 Å². The molecular weight excluding hydrogens is 278 g/mol. The molecule has 0 unspecified atom stereocenters. The zero-order valence-electron chi connectivity index (χ0n) is 12.1. The van der Waals surface area contributed by atoms with Gasteiger partial charge in [0.2, 0.25) is 0 Å². The van der Waals surface area contributed by atoms with Crippen LogP contribution < -0.4 is 4.74 Å². The summed E-state index contributed by atoms with van der Waals surface area (Å²) < 4.78 is 33.6. The molecule has 1 aromatic heterocycles. The Morgan fingerprint density at radius 3 is 2.52 bits per heavy atom. The van der Waals surface area contributed by atoms with Gasteiger partial charge in [0, 0.05) is 6.07 Å². The third-order valence-electron chi connectivity index (χ3n) is 3.17. The van der Waals surface area contributed by atoms with Gasteiger partial charge in [-0.25, -0.2) is 8.78 Å². The minimum Gasteiger partial charge on any atom is -0.453 e. The summed E-state index contributed by atoms with van der Waals surface area (Å²) in [5, 5.41) is 13.5. The maximum Gasteiger partial charge on any atom is 0.171 e. The van der Waals surface area contributed by atoms with Gasteiger partial charge in [-0.15, -0.1) is 0 Å². The molecule has 0 aliphatic rings. The molecule has 0 fully saturated rings. The SMILES string of the molecule is CCc1nn(CCO)c(CC)c1Oc1ccc(F)c(F)c1. The van der Waals surface area contributed by atoms with Crippen LogP contribution >= 0.6 is 0 Å². The molecule has 1 aromatic carbocycles. The zero-order chi connectivity index (χ0) is 15.4. The van der Waals surface area contributed by atoms with Gasteiger partial charge in [0.05, 0.1) is 18.8 Å². The summed E-state index contributed by atoms with van der Waals surface area (Å²) in [4.78, 5) is 0. The standard InChI is InChI=1S/C15H18F2N2O2/c1-3-13-15(14(4-2)19(18-13)7-8-20)21-10-5-6-11(16)12(17)9-10/h5-6,9,20H,3-4,7-8H2,1-2H3. The number of benzene rings is 1. The first-order valence-electron chi connectivity index (χ1n) is 6.93. The summed E-state index contributed by atoms with van der Waals surface area (Å²) >= 11 is 0. The maximum absolute atomic E-state index is 13.3. The van der Waals surface area contributed by atoms with E-state index in [1.807, 2.05) is 13.8 Å². The van der Waals surface area contributed by atoms with Crippen molar-refractivity contribution >= 4 is 0 Å². The number of rotatable bonds is 6. The van der Waals surface area contributed by atoms with Crippen molar-refractivity contribution in [3.05, 3.63) is 41.2 Å². The molecule has 0 spiro atoms. The fraction of sp³-hybridized carbons (Fsp3) is 0.400. The molecule has 2 rings (SSSR count). The number of ether oxygens (including phenoxy) is 1. The predicted octanol–water partition coefficient (Wildman–Crippen LogP) is 3.07. The van der Waals surface area contributed by atoms with Crippen molar-refractivity contribution in [2.45, 2.75) is 33.2 Å². The molecule has 0 aliphatic carbocycles. The van der Waals surface area contributed by atoms with Crippen LogP contribution in [0.4, 0.5) is 8.78 Å². The normalized spacial score (nSPS) is 10.9. The summed E-state index contributed by atoms with van der Waals surface area (Å²) in [5.74, 6) is -1.09. The lowest BCUT2D eigenvalue weighted by atomic mass is 10.2. The second-order valence-electron chi connectivity index (χ2n) is 4.55. The average Bonchev–Trinajstić information content (AvgIpc) is 2.80. The number of halogens is 2. The van der Waals surface area contributed by atoms with E-state index < -0.39 is 11.6 Å². The molecule has 6 heteroatoms. The first kappa shape index (κ1) is 15.4. The molecule has 0 aliphatic heterocycles. The third-order valence-corrected chi connectivity index (χ3v) is 3.17. The van der Waals surface area contributed by atoms with E-state index in [2.05, 4.69) is 5.10 Å². The van der Waals surface area contributed by atoms with Crippen molar-refractivity contribution in [3.63, 3.8) is 0 Å². The third kappa shape index (κ3) is 3.21. The Morgan fingerprint density at radius 1 is 1.19 bits per heavy atom. The quantitative estimate of drug-likeness (QED) is 0.891. The van der Waals surface area contributed by atoms with E-state index in [0.717, 1.165) is 23.5 Å². The van der Waals surface area contributed by atoms with E-state index in [4.69, 9.17) is 9.84 Å². The van der Waals surface area contributed by atoms with Gasteiger partial charge in [0.1, 0.15) is 11.4 Å². The average molecular weight is 296 g/mol. The smallest absolute Gasteiger partial charge is 0.171 e. The van der Waals surface area contributed by atoms with Crippen molar-refractivity contribution in [2.24, 2.45) is 0 Å². The molecule has 114 valence electrons. The second kappa shape index (κ2) is 6.67. The lowest BCUT2D eigenvalue weighted by Gasteiger charge is -2.09. The minimum atomic E-state index is -0.952. The molecule has 0 radical (unpaired) electrons. The van der Waals surface area contributed by atoms with Crippen LogP contribution in [0.15, 0.2) is 18.2 Å². The number of hydrogen-bond acceptors (Lipinski definition) is 3. The monoisotopic (exact) mass is 296 g/mol. The highest BCUT2D eigenvalue weighted by Gasteiger charge is 2.18. The molecule has 0 amide bonds. The van der Waals surface area contributed by atoms with E-state index >= 15 is 0 Å². The Morgan fingerprint density at radius 2 is 1.95 bits per heavy atom. The van der Waals surface area contributed by atoms with Crippen LogP contribution in [0.5, 0.6) is 11.5 Å². The number of nitrogens with zero attached hydrogens (tertiary/aromatic N) is 2. The van der Waals surface area contributed by atoms with Crippen molar-refractivity contribution in [3.8, 4) is 11.5 Å². The summed E-state index contributed by atoms with van der Waals surface area (Å²) in [6.45, 7) is 4.23. The topological polar surface area (TPSA) is 47.3 Å². The number of aliphatic hydroxyl groups excluding tert-OH is 1. The van der Waals surface area contributed by atoms with Crippen LogP contribution in [0.2, 0.25) is 0 Å². The van der Waals surface area contributed by atoms with Crippen LogP contribution in [-0.4, -0.2) is 21.5 Å². The fourth-order valence-electron chi connectivity index (χ4n) is 2.17. The highest BCUT2D eigenvalue weighted by Crippen LogP contribution is 2.31. The van der Waals surface area contributed by atoms with Crippen LogP contribution in [0, 0.1) is 11.6 Å². The van der Waals surface area contributed by atoms with Gasteiger partial charge in [-0.3, -0.25) is 4.68 Å². The van der Waals surface area contributed by atoms with E-state index in [1.165, 1.54) is 6.07 Å². The first-order chi connectivity index (χ1) is 10.1. The van der Waals surface area contributed by atoms with Crippen molar-refractivity contribution in [1.82, 2.24) is 9.78 Å². The van der Waals surface area contributed by atoms with Gasteiger partial charge < -0.3 is 9.84 Å². The second-order valence-corrected chi connectivity index (χ2v) is 4.55. The highest BCUT2D eigenvalue weighted by atomic mass is 19.2. The van der Waals surface area contributed by atoms with Crippen molar-refractivity contribution in [1.29, 1.82) is 0 Å². The number of aliphatic hydroxyl groups is 1. The van der Waals surface area contributed by atoms with Gasteiger partial charge in [-0.2, -0.15) is 5.10 Å². The van der Waals surface area contributed by atoms with Crippen LogP contribution in [0.3, 0.4) is 0 Å². The lowest BCUT2D eigenvalue weighted by molar-refractivity contribution is 0.267. The largest absolute Gasteiger partial charge is 0.453 e. The fourth-order valence-corrected chi connectivity index (χ4v) is 2.17. The molecule has 0 atom stereocenters. The zero-order valence-corrected chi connectivity index (χ0v) is 12.1. The molecule has 4 nitrogen and oxygen atoms in total. The van der Waals surface area contributed by atoms with E-state index in [-0.39, 0.29) is 12.4 Å². The van der Waals surface area contributed by atoms with Gasteiger partial charge in [-0.1, -0.05) is 13.8 Å². The Balaban J connectivity index is 2.39. The lowest BCUT2D eigenvalue weighted by Crippen LogP contribution is -2.08. The summed E-state index contributed by atoms with van der Waals surface area (Å²) in [6, 6.07) is 3.42. The predicted molar refractivity (Wildman–Crippen MR) is 74.5 cm³/mol. The maximum atomic E-state index is 13.3. The van der Waals surface area contributed by atoms with E-state index in [1.54, 1.807) is 4.68 Å².